The minimum atomic E-state index is -3.09. The zero-order valence-corrected chi connectivity index (χ0v) is 10.2. The predicted molar refractivity (Wildman–Crippen MR) is 61.3 cm³/mol. The molecular weight excluding hydrogens is 228 g/mol. The zero-order valence-electron chi connectivity index (χ0n) is 9.40. The maximum absolute atomic E-state index is 10.7. The molecule has 0 radical (unpaired) electrons. The van der Waals surface area contributed by atoms with E-state index in [1.807, 2.05) is 13.0 Å². The molecule has 0 atom stereocenters. The van der Waals surface area contributed by atoms with E-state index >= 15 is 0 Å². The van der Waals surface area contributed by atoms with E-state index in [4.69, 9.17) is 0 Å². The van der Waals surface area contributed by atoms with Crippen LogP contribution in [0.2, 0.25) is 0 Å². The van der Waals surface area contributed by atoms with Gasteiger partial charge in [-0.1, -0.05) is 0 Å². The predicted octanol–water partition coefficient (Wildman–Crippen LogP) is -0.576. The van der Waals surface area contributed by atoms with E-state index in [0.717, 1.165) is 17.8 Å². The molecule has 0 saturated heterocycles. The summed E-state index contributed by atoms with van der Waals surface area (Å²) < 4.78 is 23.9. The summed E-state index contributed by atoms with van der Waals surface area (Å²) in [6.07, 6.45) is 2.84. The highest BCUT2D eigenvalue weighted by Crippen LogP contribution is 1.93. The summed E-state index contributed by atoms with van der Waals surface area (Å²) in [5.74, 6) is 0.730. The maximum Gasteiger partial charge on any atom is 0.208 e. The third kappa shape index (κ3) is 5.74. The van der Waals surface area contributed by atoms with E-state index in [1.165, 1.54) is 0 Å². The first-order chi connectivity index (χ1) is 7.47. The van der Waals surface area contributed by atoms with Crippen LogP contribution in [0.3, 0.4) is 0 Å². The molecule has 0 aromatic carbocycles. The lowest BCUT2D eigenvalue weighted by Crippen LogP contribution is -2.31. The first kappa shape index (κ1) is 13.0. The second-order valence-electron chi connectivity index (χ2n) is 3.44. The van der Waals surface area contributed by atoms with Crippen LogP contribution in [0.5, 0.6) is 0 Å². The molecule has 0 unspecified atom stereocenters. The Morgan fingerprint density at radius 2 is 2.12 bits per heavy atom. The SMILES string of the molecule is Cc1nccc(CNCCNS(C)(=O)=O)n1. The van der Waals surface area contributed by atoms with Crippen LogP contribution in [0.1, 0.15) is 11.5 Å². The number of aryl methyl sites for hydroxylation is 1. The molecule has 1 rings (SSSR count). The molecule has 0 fully saturated rings. The lowest BCUT2D eigenvalue weighted by Gasteiger charge is -2.05. The Labute approximate surface area is 95.6 Å². The molecule has 90 valence electrons. The van der Waals surface area contributed by atoms with Crippen LogP contribution in [0.25, 0.3) is 0 Å². The Balaban J connectivity index is 2.21. The number of aromatic nitrogens is 2. The molecule has 2 N–H and O–H groups in total. The molecule has 16 heavy (non-hydrogen) atoms. The van der Waals surface area contributed by atoms with Crippen molar-refractivity contribution in [2.24, 2.45) is 0 Å². The Morgan fingerprint density at radius 3 is 2.75 bits per heavy atom. The number of nitrogens with zero attached hydrogens (tertiary/aromatic N) is 2. The molecule has 1 aromatic heterocycles. The minimum absolute atomic E-state index is 0.378. The average Bonchev–Trinajstić information content (AvgIpc) is 2.15. The van der Waals surface area contributed by atoms with Gasteiger partial charge in [-0.25, -0.2) is 23.1 Å². The largest absolute Gasteiger partial charge is 0.310 e. The fraction of sp³-hybridized carbons (Fsp3) is 0.556. The molecule has 0 aliphatic heterocycles. The Morgan fingerprint density at radius 1 is 1.38 bits per heavy atom. The van der Waals surface area contributed by atoms with E-state index in [0.29, 0.717) is 19.6 Å². The molecule has 0 saturated carbocycles. The first-order valence-corrected chi connectivity index (χ1v) is 6.80. The Hall–Kier alpha value is -1.05. The third-order valence-electron chi connectivity index (χ3n) is 1.81. The Kier molecular flexibility index (Phi) is 4.78. The van der Waals surface area contributed by atoms with Gasteiger partial charge >= 0.3 is 0 Å². The van der Waals surface area contributed by atoms with E-state index in [-0.39, 0.29) is 0 Å². The number of hydrogen-bond donors (Lipinski definition) is 2. The molecule has 1 heterocycles. The third-order valence-corrected chi connectivity index (χ3v) is 2.53. The first-order valence-electron chi connectivity index (χ1n) is 4.91. The van der Waals surface area contributed by atoms with Crippen LogP contribution in [-0.4, -0.2) is 37.7 Å². The molecule has 6 nitrogen and oxygen atoms in total. The van der Waals surface area contributed by atoms with Gasteiger partial charge in [0.1, 0.15) is 5.82 Å². The van der Waals surface area contributed by atoms with Crippen molar-refractivity contribution < 1.29 is 8.42 Å². The Bertz CT molecular complexity index is 433. The number of nitrogens with one attached hydrogen (secondary N) is 2. The van der Waals surface area contributed by atoms with Gasteiger partial charge in [-0.2, -0.15) is 0 Å². The highest BCUT2D eigenvalue weighted by atomic mass is 32.2. The van der Waals surface area contributed by atoms with Crippen molar-refractivity contribution in [2.45, 2.75) is 13.5 Å². The summed E-state index contributed by atoms with van der Waals surface area (Å²) in [5, 5.41) is 3.08. The van der Waals surface area contributed by atoms with Gasteiger partial charge < -0.3 is 5.32 Å². The normalized spacial score (nSPS) is 11.6. The molecule has 1 aromatic rings. The van der Waals surface area contributed by atoms with Gasteiger partial charge in [-0.15, -0.1) is 0 Å². The minimum Gasteiger partial charge on any atom is -0.310 e. The quantitative estimate of drug-likeness (QED) is 0.654. The van der Waals surface area contributed by atoms with Crippen LogP contribution in [0.15, 0.2) is 12.3 Å². The standard InChI is InChI=1S/C9H16N4O2S/c1-8-11-4-3-9(13-8)7-10-5-6-12-16(2,14)15/h3-4,10,12H,5-7H2,1-2H3. The van der Waals surface area contributed by atoms with Crippen LogP contribution < -0.4 is 10.0 Å². The van der Waals surface area contributed by atoms with E-state index in [9.17, 15) is 8.42 Å². The van der Waals surface area contributed by atoms with Crippen molar-refractivity contribution in [2.75, 3.05) is 19.3 Å². The van der Waals surface area contributed by atoms with Gasteiger partial charge in [-0.3, -0.25) is 0 Å². The number of hydrogen-bond acceptors (Lipinski definition) is 5. The van der Waals surface area contributed by atoms with Gasteiger partial charge in [0.05, 0.1) is 11.9 Å². The van der Waals surface area contributed by atoms with Gasteiger partial charge in [0.2, 0.25) is 10.0 Å². The van der Waals surface area contributed by atoms with Crippen LogP contribution in [-0.2, 0) is 16.6 Å². The average molecular weight is 244 g/mol. The molecule has 0 aliphatic rings. The second kappa shape index (κ2) is 5.88. The zero-order chi connectivity index (χ0) is 12.0. The smallest absolute Gasteiger partial charge is 0.208 e. The molecule has 0 bridgehead atoms. The van der Waals surface area contributed by atoms with E-state index in [1.54, 1.807) is 6.20 Å². The van der Waals surface area contributed by atoms with Gasteiger partial charge in [0.15, 0.2) is 0 Å². The molecule has 0 spiro atoms. The van der Waals surface area contributed by atoms with Crippen LogP contribution in [0.4, 0.5) is 0 Å². The maximum atomic E-state index is 10.7. The lowest BCUT2D eigenvalue weighted by molar-refractivity contribution is 0.581. The second-order valence-corrected chi connectivity index (χ2v) is 5.27. The van der Waals surface area contributed by atoms with Crippen molar-refractivity contribution in [3.05, 3.63) is 23.8 Å². The highest BCUT2D eigenvalue weighted by Gasteiger charge is 1.99. The number of rotatable bonds is 6. The van der Waals surface area contributed by atoms with Gasteiger partial charge in [0, 0.05) is 25.8 Å². The molecule has 7 heteroatoms. The summed E-state index contributed by atoms with van der Waals surface area (Å²) in [5.41, 5.74) is 0.895. The molecule has 0 aliphatic carbocycles. The van der Waals surface area contributed by atoms with E-state index < -0.39 is 10.0 Å². The lowest BCUT2D eigenvalue weighted by atomic mass is 10.4. The fourth-order valence-electron chi connectivity index (χ4n) is 1.14. The molecular formula is C9H16N4O2S. The summed E-state index contributed by atoms with van der Waals surface area (Å²) in [4.78, 5) is 8.19. The topological polar surface area (TPSA) is 84.0 Å². The highest BCUT2D eigenvalue weighted by molar-refractivity contribution is 7.88. The monoisotopic (exact) mass is 244 g/mol. The van der Waals surface area contributed by atoms with Crippen LogP contribution >= 0.6 is 0 Å². The van der Waals surface area contributed by atoms with Crippen molar-refractivity contribution >= 4 is 10.0 Å². The molecule has 0 amide bonds. The van der Waals surface area contributed by atoms with Gasteiger partial charge in [0.25, 0.3) is 0 Å². The summed E-state index contributed by atoms with van der Waals surface area (Å²) in [7, 11) is -3.09. The van der Waals surface area contributed by atoms with Crippen LogP contribution in [0, 0.1) is 6.92 Å². The number of sulfonamides is 1. The summed E-state index contributed by atoms with van der Waals surface area (Å²) in [6.45, 7) is 3.38. The van der Waals surface area contributed by atoms with Crippen molar-refractivity contribution in [1.29, 1.82) is 0 Å². The summed E-state index contributed by atoms with van der Waals surface area (Å²) >= 11 is 0. The van der Waals surface area contributed by atoms with Crippen molar-refractivity contribution in [1.82, 2.24) is 20.0 Å². The van der Waals surface area contributed by atoms with Gasteiger partial charge in [-0.05, 0) is 13.0 Å². The van der Waals surface area contributed by atoms with Crippen molar-refractivity contribution in [3.63, 3.8) is 0 Å². The summed E-state index contributed by atoms with van der Waals surface area (Å²) in [6, 6.07) is 1.82. The van der Waals surface area contributed by atoms with Crippen molar-refractivity contribution in [3.8, 4) is 0 Å². The fourth-order valence-corrected chi connectivity index (χ4v) is 1.62. The van der Waals surface area contributed by atoms with E-state index in [2.05, 4.69) is 20.0 Å².